The summed E-state index contributed by atoms with van der Waals surface area (Å²) < 4.78 is 0. The second-order valence-electron chi connectivity index (χ2n) is 4.26. The molecule has 46 valence electrons. The van der Waals surface area contributed by atoms with Gasteiger partial charge in [-0.25, -0.2) is 0 Å². The first-order valence-corrected chi connectivity index (χ1v) is 7.02. The molecule has 0 radical (unpaired) electrons. The Balaban J connectivity index is 3.83. The van der Waals surface area contributed by atoms with Crippen LogP contribution in [0.3, 0.4) is 0 Å². The van der Waals surface area contributed by atoms with Crippen molar-refractivity contribution in [2.75, 3.05) is 32.8 Å². The summed E-state index contributed by atoms with van der Waals surface area (Å²) in [5.74, 6) is 0. The van der Waals surface area contributed by atoms with E-state index in [0.29, 0.717) is 0 Å². The average molecular weight is 120 g/mol. The molecular weight excluding hydrogens is 103 g/mol. The summed E-state index contributed by atoms with van der Waals surface area (Å²) in [7, 11) is 0. The summed E-state index contributed by atoms with van der Waals surface area (Å²) in [5, 5.41) is 0. The van der Waals surface area contributed by atoms with Crippen LogP contribution in [-0.2, 0) is 0 Å². The van der Waals surface area contributed by atoms with E-state index in [1.165, 1.54) is 6.16 Å². The third-order valence-electron chi connectivity index (χ3n) is 1.26. The molecule has 0 atom stereocenters. The van der Waals surface area contributed by atoms with Crippen molar-refractivity contribution in [1.82, 2.24) is 0 Å². The molecule has 7 heavy (non-hydrogen) atoms. The molecule has 0 amide bonds. The standard InChI is InChI=1S/C6H17P/c1-6-7(2,3,4)5/h6H2,1-5H3. The second kappa shape index (κ2) is 1.45. The summed E-state index contributed by atoms with van der Waals surface area (Å²) in [6.45, 7) is 10.8. The van der Waals surface area contributed by atoms with Crippen molar-refractivity contribution in [3.63, 3.8) is 0 Å². The number of rotatable bonds is 1. The van der Waals surface area contributed by atoms with Gasteiger partial charge in [0.2, 0.25) is 0 Å². The van der Waals surface area contributed by atoms with E-state index < -0.39 is 6.60 Å². The molecule has 0 aliphatic heterocycles. The van der Waals surface area contributed by atoms with E-state index in [9.17, 15) is 0 Å². The van der Waals surface area contributed by atoms with Gasteiger partial charge in [-0.2, -0.15) is 0 Å². The Bertz CT molecular complexity index is 56.7. The Morgan fingerprint density at radius 3 is 1.14 bits per heavy atom. The number of hydrogen-bond donors (Lipinski definition) is 0. The van der Waals surface area contributed by atoms with E-state index >= 15 is 0 Å². The van der Waals surface area contributed by atoms with E-state index in [2.05, 4.69) is 33.6 Å². The van der Waals surface area contributed by atoms with Gasteiger partial charge < -0.3 is 0 Å². The quantitative estimate of drug-likeness (QED) is 0.465. The van der Waals surface area contributed by atoms with Crippen LogP contribution in [0.15, 0.2) is 0 Å². The first-order valence-electron chi connectivity index (χ1n) is 2.81. The Labute approximate surface area is 47.2 Å². The van der Waals surface area contributed by atoms with Gasteiger partial charge in [0.15, 0.2) is 0 Å². The molecule has 0 bridgehead atoms. The van der Waals surface area contributed by atoms with Gasteiger partial charge in [-0.1, -0.05) is 0 Å². The number of hydrogen-bond acceptors (Lipinski definition) is 0. The van der Waals surface area contributed by atoms with Crippen LogP contribution in [0.4, 0.5) is 0 Å². The molecule has 1 heteroatoms. The molecule has 0 saturated heterocycles. The summed E-state index contributed by atoms with van der Waals surface area (Å²) >= 11 is 0. The van der Waals surface area contributed by atoms with Crippen molar-refractivity contribution >= 4 is 6.60 Å². The van der Waals surface area contributed by atoms with Crippen molar-refractivity contribution < 1.29 is 0 Å². The zero-order chi connectivity index (χ0) is 6.15. The van der Waals surface area contributed by atoms with Gasteiger partial charge in [0, 0.05) is 0 Å². The molecular formula is C6H17P. The van der Waals surface area contributed by atoms with Gasteiger partial charge in [0.05, 0.1) is 0 Å². The van der Waals surface area contributed by atoms with Crippen LogP contribution in [-0.4, -0.2) is 32.8 Å². The Morgan fingerprint density at radius 2 is 1.14 bits per heavy atom. The molecule has 0 fully saturated rings. The van der Waals surface area contributed by atoms with Crippen LogP contribution in [0.2, 0.25) is 0 Å². The first-order chi connectivity index (χ1) is 2.81. The van der Waals surface area contributed by atoms with Gasteiger partial charge in [-0.15, -0.1) is 0 Å². The van der Waals surface area contributed by atoms with Crippen molar-refractivity contribution in [3.05, 3.63) is 0 Å². The van der Waals surface area contributed by atoms with Gasteiger partial charge in [0.25, 0.3) is 0 Å². The molecule has 0 aliphatic carbocycles. The van der Waals surface area contributed by atoms with Crippen LogP contribution < -0.4 is 0 Å². The minimum atomic E-state index is -1.08. The molecule has 0 aliphatic rings. The maximum atomic E-state index is 2.39. The SMILES string of the molecule is CCP(C)(C)(C)C. The van der Waals surface area contributed by atoms with Crippen LogP contribution in [0.1, 0.15) is 6.92 Å². The minimum absolute atomic E-state index is 1.08. The van der Waals surface area contributed by atoms with E-state index in [4.69, 9.17) is 0 Å². The molecule has 0 nitrogen and oxygen atoms in total. The van der Waals surface area contributed by atoms with E-state index in [-0.39, 0.29) is 0 Å². The predicted octanol–water partition coefficient (Wildman–Crippen LogP) is 2.08. The van der Waals surface area contributed by atoms with Crippen LogP contribution in [0, 0.1) is 0 Å². The molecule has 0 aromatic rings. The average Bonchev–Trinajstić information content (AvgIpc) is 1.32. The van der Waals surface area contributed by atoms with Gasteiger partial charge >= 0.3 is 46.3 Å². The van der Waals surface area contributed by atoms with Crippen molar-refractivity contribution in [2.24, 2.45) is 0 Å². The molecule has 0 heterocycles. The molecule has 0 aromatic heterocycles. The predicted molar refractivity (Wildman–Crippen MR) is 41.2 cm³/mol. The van der Waals surface area contributed by atoms with Gasteiger partial charge in [0.1, 0.15) is 0 Å². The topological polar surface area (TPSA) is 0 Å². The van der Waals surface area contributed by atoms with Crippen molar-refractivity contribution in [1.29, 1.82) is 0 Å². The second-order valence-corrected chi connectivity index (χ2v) is 12.8. The van der Waals surface area contributed by atoms with E-state index in [0.717, 1.165) is 0 Å². The fourth-order valence-corrected chi connectivity index (χ4v) is 0. The van der Waals surface area contributed by atoms with Crippen LogP contribution in [0.25, 0.3) is 0 Å². The molecule has 0 rings (SSSR count). The first kappa shape index (κ1) is 7.43. The van der Waals surface area contributed by atoms with Gasteiger partial charge in [-0.05, 0) is 0 Å². The molecule has 0 N–H and O–H groups in total. The summed E-state index contributed by atoms with van der Waals surface area (Å²) in [5.41, 5.74) is 0. The fraction of sp³-hybridized carbons (Fsp3) is 1.00. The van der Waals surface area contributed by atoms with Crippen molar-refractivity contribution in [2.45, 2.75) is 6.92 Å². The third-order valence-corrected chi connectivity index (χ3v) is 3.79. The zero-order valence-electron chi connectivity index (χ0n) is 6.15. The Hall–Kier alpha value is 0.430. The van der Waals surface area contributed by atoms with Crippen molar-refractivity contribution in [3.8, 4) is 0 Å². The molecule has 0 unspecified atom stereocenters. The van der Waals surface area contributed by atoms with E-state index in [1.807, 2.05) is 0 Å². The normalized spacial score (nSPS) is 18.1. The molecule has 0 saturated carbocycles. The molecule has 0 spiro atoms. The monoisotopic (exact) mass is 120 g/mol. The Morgan fingerprint density at radius 1 is 1.00 bits per heavy atom. The summed E-state index contributed by atoms with van der Waals surface area (Å²) in [6.07, 6.45) is 1.37. The fourth-order valence-electron chi connectivity index (χ4n) is 0. The maximum absolute atomic E-state index is 2.39. The van der Waals surface area contributed by atoms with Crippen LogP contribution in [0.5, 0.6) is 0 Å². The summed E-state index contributed by atoms with van der Waals surface area (Å²) in [6, 6.07) is 0. The summed E-state index contributed by atoms with van der Waals surface area (Å²) in [4.78, 5) is 0. The zero-order valence-corrected chi connectivity index (χ0v) is 7.05. The van der Waals surface area contributed by atoms with E-state index in [1.54, 1.807) is 0 Å². The van der Waals surface area contributed by atoms with Gasteiger partial charge in [-0.3, -0.25) is 0 Å². The van der Waals surface area contributed by atoms with Crippen LogP contribution >= 0.6 is 6.60 Å². The third kappa shape index (κ3) is 6.43. The molecule has 0 aromatic carbocycles. The Kier molecular flexibility index (Phi) is 1.54.